The van der Waals surface area contributed by atoms with Crippen LogP contribution in [0.25, 0.3) is 0 Å². The molecular weight excluding hydrogens is 432 g/mol. The van der Waals surface area contributed by atoms with Crippen molar-refractivity contribution in [1.82, 2.24) is 9.62 Å². The molecule has 0 spiro atoms. The lowest BCUT2D eigenvalue weighted by Crippen LogP contribution is -2.27. The standard InChI is InChI=1S/C23H30N2O6S/c1-16(18-8-11-20(12-9-18)32(28,29)25(3)4)24-23(27)7-6-14-31-21-13-10-19(17(2)26)15-22(21)30-5/h8-13,15-16H,6-7,14H2,1-5H3,(H,24,27). The van der Waals surface area contributed by atoms with E-state index in [0.29, 0.717) is 30.1 Å². The zero-order valence-corrected chi connectivity index (χ0v) is 19.9. The Kier molecular flexibility index (Phi) is 8.80. The van der Waals surface area contributed by atoms with Gasteiger partial charge in [0, 0.05) is 26.1 Å². The smallest absolute Gasteiger partial charge is 0.242 e. The Morgan fingerprint density at radius 3 is 2.28 bits per heavy atom. The fourth-order valence-corrected chi connectivity index (χ4v) is 3.86. The molecule has 1 amide bonds. The van der Waals surface area contributed by atoms with Crippen molar-refractivity contribution in [2.45, 2.75) is 37.6 Å². The van der Waals surface area contributed by atoms with Gasteiger partial charge in [-0.15, -0.1) is 0 Å². The minimum absolute atomic E-state index is 0.0606. The zero-order valence-electron chi connectivity index (χ0n) is 19.0. The number of methoxy groups -OCH3 is 1. The summed E-state index contributed by atoms with van der Waals surface area (Å²) in [6.07, 6.45) is 0.765. The molecule has 0 saturated carbocycles. The van der Waals surface area contributed by atoms with E-state index < -0.39 is 10.0 Å². The number of hydrogen-bond donors (Lipinski definition) is 1. The van der Waals surface area contributed by atoms with Crippen molar-refractivity contribution in [2.24, 2.45) is 0 Å². The van der Waals surface area contributed by atoms with Gasteiger partial charge in [0.15, 0.2) is 17.3 Å². The van der Waals surface area contributed by atoms with Crippen LogP contribution in [0.1, 0.15) is 48.7 Å². The lowest BCUT2D eigenvalue weighted by atomic mass is 10.1. The summed E-state index contributed by atoms with van der Waals surface area (Å²) in [6.45, 7) is 3.63. The van der Waals surface area contributed by atoms with Crippen LogP contribution in [0.4, 0.5) is 0 Å². The van der Waals surface area contributed by atoms with Crippen molar-refractivity contribution in [1.29, 1.82) is 0 Å². The molecule has 1 N–H and O–H groups in total. The number of rotatable bonds is 11. The number of ketones is 1. The van der Waals surface area contributed by atoms with Crippen molar-refractivity contribution in [3.05, 3.63) is 53.6 Å². The summed E-state index contributed by atoms with van der Waals surface area (Å²) in [5.41, 5.74) is 1.34. The molecule has 2 aromatic carbocycles. The van der Waals surface area contributed by atoms with Crippen LogP contribution in [0.15, 0.2) is 47.4 Å². The number of hydrogen-bond acceptors (Lipinski definition) is 6. The maximum atomic E-state index is 12.3. The van der Waals surface area contributed by atoms with Crippen molar-refractivity contribution >= 4 is 21.7 Å². The second kappa shape index (κ2) is 11.1. The van der Waals surface area contributed by atoms with E-state index in [1.165, 1.54) is 40.3 Å². The molecule has 0 fully saturated rings. The average Bonchev–Trinajstić information content (AvgIpc) is 2.76. The second-order valence-electron chi connectivity index (χ2n) is 7.52. The summed E-state index contributed by atoms with van der Waals surface area (Å²) < 4.78 is 36.4. The Morgan fingerprint density at radius 1 is 1.06 bits per heavy atom. The average molecular weight is 463 g/mol. The summed E-state index contributed by atoms with van der Waals surface area (Å²) in [5.74, 6) is 0.786. The number of carbonyl (C=O) groups excluding carboxylic acids is 2. The Morgan fingerprint density at radius 2 is 1.72 bits per heavy atom. The van der Waals surface area contributed by atoms with Crippen LogP contribution >= 0.6 is 0 Å². The van der Waals surface area contributed by atoms with E-state index in [4.69, 9.17) is 9.47 Å². The third-order valence-electron chi connectivity index (χ3n) is 4.91. The van der Waals surface area contributed by atoms with Gasteiger partial charge in [-0.25, -0.2) is 12.7 Å². The van der Waals surface area contributed by atoms with Crippen LogP contribution in [0.3, 0.4) is 0 Å². The Hall–Kier alpha value is -2.91. The summed E-state index contributed by atoms with van der Waals surface area (Å²) >= 11 is 0. The molecule has 2 rings (SSSR count). The number of ether oxygens (including phenoxy) is 2. The van der Waals surface area contributed by atoms with Crippen molar-refractivity contribution < 1.29 is 27.5 Å². The molecule has 8 nitrogen and oxygen atoms in total. The van der Waals surface area contributed by atoms with Crippen molar-refractivity contribution in [3.63, 3.8) is 0 Å². The highest BCUT2D eigenvalue weighted by Crippen LogP contribution is 2.28. The maximum Gasteiger partial charge on any atom is 0.242 e. The van der Waals surface area contributed by atoms with Gasteiger partial charge in [-0.2, -0.15) is 0 Å². The molecule has 2 aromatic rings. The van der Waals surface area contributed by atoms with Crippen LogP contribution in [-0.2, 0) is 14.8 Å². The van der Waals surface area contributed by atoms with E-state index in [-0.39, 0.29) is 29.0 Å². The minimum atomic E-state index is -3.49. The van der Waals surface area contributed by atoms with Crippen LogP contribution in [0.2, 0.25) is 0 Å². The zero-order chi connectivity index (χ0) is 23.9. The summed E-state index contributed by atoms with van der Waals surface area (Å²) in [7, 11) is 0.976. The predicted molar refractivity (Wildman–Crippen MR) is 122 cm³/mol. The van der Waals surface area contributed by atoms with E-state index in [1.807, 2.05) is 6.92 Å². The summed E-state index contributed by atoms with van der Waals surface area (Å²) in [4.78, 5) is 23.9. The van der Waals surface area contributed by atoms with Crippen LogP contribution in [-0.4, -0.2) is 52.2 Å². The van der Waals surface area contributed by atoms with Crippen molar-refractivity contribution in [3.8, 4) is 11.5 Å². The first-order chi connectivity index (χ1) is 15.1. The van der Waals surface area contributed by atoms with Gasteiger partial charge >= 0.3 is 0 Å². The molecule has 1 unspecified atom stereocenters. The Balaban J connectivity index is 1.84. The van der Waals surface area contributed by atoms with Crippen molar-refractivity contribution in [2.75, 3.05) is 27.8 Å². The normalized spacial score (nSPS) is 12.3. The number of Topliss-reactive ketones (excluding diaryl/α,β-unsaturated/α-hetero) is 1. The number of carbonyl (C=O) groups is 2. The molecule has 0 aliphatic rings. The highest BCUT2D eigenvalue weighted by Gasteiger charge is 2.18. The van der Waals surface area contributed by atoms with Gasteiger partial charge in [-0.3, -0.25) is 9.59 Å². The summed E-state index contributed by atoms with van der Waals surface area (Å²) in [6, 6.07) is 11.2. The number of benzene rings is 2. The topological polar surface area (TPSA) is 102 Å². The van der Waals surface area contributed by atoms with Gasteiger partial charge in [0.25, 0.3) is 0 Å². The lowest BCUT2D eigenvalue weighted by molar-refractivity contribution is -0.121. The fraction of sp³-hybridized carbons (Fsp3) is 0.391. The molecule has 0 radical (unpaired) electrons. The highest BCUT2D eigenvalue weighted by atomic mass is 32.2. The summed E-state index contributed by atoms with van der Waals surface area (Å²) in [5, 5.41) is 2.90. The molecule has 0 aliphatic heterocycles. The lowest BCUT2D eigenvalue weighted by Gasteiger charge is -2.16. The number of sulfonamides is 1. The van der Waals surface area contributed by atoms with Gasteiger partial charge in [-0.1, -0.05) is 12.1 Å². The van der Waals surface area contributed by atoms with E-state index in [2.05, 4.69) is 5.32 Å². The SMILES string of the molecule is COc1cc(C(C)=O)ccc1OCCCC(=O)NC(C)c1ccc(S(=O)(=O)N(C)C)cc1. The van der Waals surface area contributed by atoms with E-state index in [0.717, 1.165) is 9.87 Å². The second-order valence-corrected chi connectivity index (χ2v) is 9.67. The largest absolute Gasteiger partial charge is 0.493 e. The minimum Gasteiger partial charge on any atom is -0.493 e. The number of nitrogens with zero attached hydrogens (tertiary/aromatic N) is 1. The monoisotopic (exact) mass is 462 g/mol. The van der Waals surface area contributed by atoms with Gasteiger partial charge < -0.3 is 14.8 Å². The fourth-order valence-electron chi connectivity index (χ4n) is 2.96. The molecule has 0 heterocycles. The molecule has 32 heavy (non-hydrogen) atoms. The quantitative estimate of drug-likeness (QED) is 0.406. The van der Waals surface area contributed by atoms with Gasteiger partial charge in [0.1, 0.15) is 0 Å². The maximum absolute atomic E-state index is 12.3. The molecule has 174 valence electrons. The van der Waals surface area contributed by atoms with Gasteiger partial charge in [0.2, 0.25) is 15.9 Å². The number of amides is 1. The van der Waals surface area contributed by atoms with E-state index in [1.54, 1.807) is 30.3 Å². The first kappa shape index (κ1) is 25.4. The molecule has 0 bridgehead atoms. The number of nitrogens with one attached hydrogen (secondary N) is 1. The van der Waals surface area contributed by atoms with Crippen LogP contribution in [0, 0.1) is 0 Å². The van der Waals surface area contributed by atoms with Gasteiger partial charge in [-0.05, 0) is 56.2 Å². The molecule has 0 aromatic heterocycles. The molecule has 9 heteroatoms. The third-order valence-corrected chi connectivity index (χ3v) is 6.74. The van der Waals surface area contributed by atoms with Gasteiger partial charge in [0.05, 0.1) is 24.7 Å². The third kappa shape index (κ3) is 6.54. The van der Waals surface area contributed by atoms with E-state index >= 15 is 0 Å². The van der Waals surface area contributed by atoms with Crippen LogP contribution < -0.4 is 14.8 Å². The molecule has 0 aliphatic carbocycles. The predicted octanol–water partition coefficient (Wildman–Crippen LogP) is 3.18. The molecule has 1 atom stereocenters. The molecular formula is C23H30N2O6S. The van der Waals surface area contributed by atoms with E-state index in [9.17, 15) is 18.0 Å². The molecule has 0 saturated heterocycles. The first-order valence-electron chi connectivity index (χ1n) is 10.2. The first-order valence-corrected chi connectivity index (χ1v) is 11.6. The Labute approximate surface area is 189 Å². The Bertz CT molecular complexity index is 1050. The van der Waals surface area contributed by atoms with Crippen LogP contribution in [0.5, 0.6) is 11.5 Å². The highest BCUT2D eigenvalue weighted by molar-refractivity contribution is 7.89.